The Kier molecular flexibility index (Phi) is 7.18. The minimum absolute atomic E-state index is 0.302. The summed E-state index contributed by atoms with van der Waals surface area (Å²) in [7, 11) is 5.30. The van der Waals surface area contributed by atoms with Crippen molar-refractivity contribution >= 4 is 5.96 Å². The highest BCUT2D eigenvalue weighted by molar-refractivity contribution is 5.79. The van der Waals surface area contributed by atoms with E-state index < -0.39 is 0 Å². The minimum Gasteiger partial charge on any atom is -0.497 e. The number of nitrogens with zero attached hydrogens (tertiary/aromatic N) is 4. The van der Waals surface area contributed by atoms with Crippen LogP contribution in [0.4, 0.5) is 0 Å². The summed E-state index contributed by atoms with van der Waals surface area (Å²) in [4.78, 5) is 4.68. The van der Waals surface area contributed by atoms with E-state index in [0.29, 0.717) is 25.6 Å². The fourth-order valence-corrected chi connectivity index (χ4v) is 2.21. The van der Waals surface area contributed by atoms with Gasteiger partial charge in [0, 0.05) is 20.7 Å². The van der Waals surface area contributed by atoms with Crippen molar-refractivity contribution in [2.24, 2.45) is 12.0 Å². The second-order valence-electron chi connectivity index (χ2n) is 6.91. The summed E-state index contributed by atoms with van der Waals surface area (Å²) in [5, 5.41) is 14.9. The normalized spacial score (nSPS) is 12.1. The van der Waals surface area contributed by atoms with Gasteiger partial charge in [-0.15, -0.1) is 10.2 Å². The highest BCUT2D eigenvalue weighted by Crippen LogP contribution is 2.12. The van der Waals surface area contributed by atoms with Gasteiger partial charge >= 0.3 is 0 Å². The van der Waals surface area contributed by atoms with E-state index >= 15 is 0 Å². The van der Waals surface area contributed by atoms with E-state index in [4.69, 9.17) is 9.47 Å². The molecule has 0 fully saturated rings. The van der Waals surface area contributed by atoms with Crippen molar-refractivity contribution in [1.82, 2.24) is 25.4 Å². The number of methoxy groups -OCH3 is 2. The zero-order chi connectivity index (χ0) is 19.9. The first-order chi connectivity index (χ1) is 12.8. The zero-order valence-corrected chi connectivity index (χ0v) is 17.0. The molecule has 1 heterocycles. The first kappa shape index (κ1) is 20.7. The van der Waals surface area contributed by atoms with Crippen LogP contribution in [0, 0.1) is 6.92 Å². The first-order valence-corrected chi connectivity index (χ1v) is 8.90. The van der Waals surface area contributed by atoms with E-state index in [1.165, 1.54) is 0 Å². The Morgan fingerprint density at radius 2 is 1.85 bits per heavy atom. The van der Waals surface area contributed by atoms with Crippen LogP contribution >= 0.6 is 0 Å². The molecular weight excluding hydrogens is 344 g/mol. The van der Waals surface area contributed by atoms with E-state index in [-0.39, 0.29) is 5.60 Å². The number of benzene rings is 1. The van der Waals surface area contributed by atoms with Crippen LogP contribution in [0.5, 0.6) is 5.75 Å². The lowest BCUT2D eigenvalue weighted by atomic mass is 10.1. The lowest BCUT2D eigenvalue weighted by Crippen LogP contribution is -2.45. The van der Waals surface area contributed by atoms with Gasteiger partial charge in [0.15, 0.2) is 11.8 Å². The Balaban J connectivity index is 2.06. The quantitative estimate of drug-likeness (QED) is 0.541. The highest BCUT2D eigenvalue weighted by atomic mass is 16.5. The number of aliphatic imine (C=N–C) groups is 1. The van der Waals surface area contributed by atoms with Crippen molar-refractivity contribution in [3.05, 3.63) is 41.5 Å². The third-order valence-corrected chi connectivity index (χ3v) is 4.41. The monoisotopic (exact) mass is 374 g/mol. The molecule has 27 heavy (non-hydrogen) atoms. The molecular formula is C19H30N6O2. The van der Waals surface area contributed by atoms with Gasteiger partial charge < -0.3 is 24.7 Å². The van der Waals surface area contributed by atoms with Crippen molar-refractivity contribution in [3.8, 4) is 5.75 Å². The molecule has 0 unspecified atom stereocenters. The van der Waals surface area contributed by atoms with E-state index in [2.05, 4.69) is 25.8 Å². The molecule has 0 saturated heterocycles. The second kappa shape index (κ2) is 9.36. The molecule has 1 aromatic heterocycles. The van der Waals surface area contributed by atoms with Crippen molar-refractivity contribution in [2.45, 2.75) is 39.5 Å². The van der Waals surface area contributed by atoms with Gasteiger partial charge in [0.2, 0.25) is 0 Å². The molecule has 0 spiro atoms. The topological polar surface area (TPSA) is 85.6 Å². The molecule has 0 amide bonds. The van der Waals surface area contributed by atoms with Gasteiger partial charge in [0.1, 0.15) is 11.6 Å². The molecule has 2 N–H and O–H groups in total. The van der Waals surface area contributed by atoms with Gasteiger partial charge in [-0.2, -0.15) is 0 Å². The summed E-state index contributed by atoms with van der Waals surface area (Å²) in [6.45, 7) is 7.66. The molecule has 0 bridgehead atoms. The number of rotatable bonds is 8. The third-order valence-electron chi connectivity index (χ3n) is 4.41. The lowest BCUT2D eigenvalue weighted by Gasteiger charge is -2.24. The van der Waals surface area contributed by atoms with E-state index in [1.807, 2.05) is 56.7 Å². The minimum atomic E-state index is -0.302. The molecule has 2 aromatic rings. The van der Waals surface area contributed by atoms with Gasteiger partial charge in [-0.3, -0.25) is 0 Å². The summed E-state index contributed by atoms with van der Waals surface area (Å²) in [6, 6.07) is 7.87. The predicted molar refractivity (Wildman–Crippen MR) is 106 cm³/mol. The Labute approximate surface area is 161 Å². The van der Waals surface area contributed by atoms with Crippen LogP contribution in [-0.4, -0.2) is 47.1 Å². The van der Waals surface area contributed by atoms with Crippen LogP contribution in [0.3, 0.4) is 0 Å². The number of nitrogens with one attached hydrogen (secondary N) is 2. The average Bonchev–Trinajstić information content (AvgIpc) is 3.00. The molecule has 0 aliphatic carbocycles. The molecule has 8 nitrogen and oxygen atoms in total. The molecule has 2 rings (SSSR count). The Hall–Kier alpha value is -2.61. The van der Waals surface area contributed by atoms with E-state index in [0.717, 1.165) is 23.0 Å². The summed E-state index contributed by atoms with van der Waals surface area (Å²) < 4.78 is 12.6. The second-order valence-corrected chi connectivity index (χ2v) is 6.91. The number of aryl methyl sites for hydroxylation is 1. The van der Waals surface area contributed by atoms with E-state index in [9.17, 15) is 0 Å². The molecule has 0 atom stereocenters. The summed E-state index contributed by atoms with van der Waals surface area (Å²) in [5.74, 6) is 3.24. The zero-order valence-electron chi connectivity index (χ0n) is 17.0. The number of ether oxygens (including phenoxy) is 2. The van der Waals surface area contributed by atoms with Crippen molar-refractivity contribution in [1.29, 1.82) is 0 Å². The summed E-state index contributed by atoms with van der Waals surface area (Å²) >= 11 is 0. The lowest BCUT2D eigenvalue weighted by molar-refractivity contribution is 0.0268. The van der Waals surface area contributed by atoms with Gasteiger partial charge in [0.25, 0.3) is 0 Å². The first-order valence-electron chi connectivity index (χ1n) is 8.90. The van der Waals surface area contributed by atoms with Gasteiger partial charge in [-0.05, 0) is 38.5 Å². The van der Waals surface area contributed by atoms with E-state index in [1.54, 1.807) is 14.2 Å². The number of hydrogen-bond acceptors (Lipinski definition) is 5. The fourth-order valence-electron chi connectivity index (χ4n) is 2.21. The van der Waals surface area contributed by atoms with Crippen molar-refractivity contribution in [3.63, 3.8) is 0 Å². The van der Waals surface area contributed by atoms with Crippen molar-refractivity contribution in [2.75, 3.05) is 20.8 Å². The van der Waals surface area contributed by atoms with Crippen LogP contribution in [0.25, 0.3) is 0 Å². The molecule has 0 aliphatic rings. The van der Waals surface area contributed by atoms with Crippen LogP contribution in [-0.2, 0) is 24.9 Å². The van der Waals surface area contributed by atoms with Gasteiger partial charge in [-0.1, -0.05) is 12.1 Å². The Morgan fingerprint density at radius 1 is 1.15 bits per heavy atom. The van der Waals surface area contributed by atoms with Crippen LogP contribution in [0.1, 0.15) is 31.1 Å². The highest BCUT2D eigenvalue weighted by Gasteiger charge is 2.17. The number of hydrogen-bond donors (Lipinski definition) is 2. The van der Waals surface area contributed by atoms with Crippen LogP contribution in [0.2, 0.25) is 0 Å². The summed E-state index contributed by atoms with van der Waals surface area (Å²) in [6.07, 6.45) is 0. The third kappa shape index (κ3) is 6.25. The number of aromatic nitrogens is 3. The Morgan fingerprint density at radius 3 is 2.41 bits per heavy atom. The Bertz CT molecular complexity index is 752. The molecule has 0 saturated carbocycles. The van der Waals surface area contributed by atoms with Gasteiger partial charge in [-0.25, -0.2) is 4.99 Å². The predicted octanol–water partition coefficient (Wildman–Crippen LogP) is 1.79. The molecule has 148 valence electrons. The molecule has 0 aliphatic heterocycles. The number of guanidine groups is 1. The van der Waals surface area contributed by atoms with Crippen LogP contribution in [0.15, 0.2) is 29.3 Å². The molecule has 1 aromatic carbocycles. The van der Waals surface area contributed by atoms with Crippen molar-refractivity contribution < 1.29 is 9.47 Å². The maximum absolute atomic E-state index is 5.48. The maximum Gasteiger partial charge on any atom is 0.192 e. The fraction of sp³-hybridized carbons (Fsp3) is 0.526. The largest absolute Gasteiger partial charge is 0.497 e. The van der Waals surface area contributed by atoms with Crippen LogP contribution < -0.4 is 15.4 Å². The maximum atomic E-state index is 5.48. The summed E-state index contributed by atoms with van der Waals surface area (Å²) in [5.41, 5.74) is 0.793. The average molecular weight is 374 g/mol. The standard InChI is InChI=1S/C19H30N6O2/c1-14-23-24-17(25(14)4)12-21-18(22-13-19(2,3)27-6)20-11-15-7-9-16(26-5)10-8-15/h7-10H,11-13H2,1-6H3,(H2,20,21,22). The smallest absolute Gasteiger partial charge is 0.192 e. The molecule has 8 heteroatoms. The SMILES string of the molecule is COc1ccc(CN=C(NCc2nnc(C)n2C)NCC(C)(C)OC)cc1. The molecule has 0 radical (unpaired) electrons. The van der Waals surface area contributed by atoms with Gasteiger partial charge in [0.05, 0.1) is 25.8 Å².